The van der Waals surface area contributed by atoms with Gasteiger partial charge in [-0.15, -0.1) is 0 Å². The predicted molar refractivity (Wildman–Crippen MR) is 80.8 cm³/mol. The first-order valence-corrected chi connectivity index (χ1v) is 7.68. The zero-order valence-electron chi connectivity index (χ0n) is 12.7. The number of rotatable bonds is 2. The van der Waals surface area contributed by atoms with E-state index < -0.39 is 0 Å². The molecule has 2 heterocycles. The SMILES string of the molecule is Cc1cc(-c2noc(C3CCCCCC3N)n2)cc(C)n1. The van der Waals surface area contributed by atoms with Gasteiger partial charge in [-0.2, -0.15) is 4.98 Å². The van der Waals surface area contributed by atoms with E-state index in [0.29, 0.717) is 11.7 Å². The van der Waals surface area contributed by atoms with E-state index in [-0.39, 0.29) is 12.0 Å². The van der Waals surface area contributed by atoms with Crippen LogP contribution < -0.4 is 5.73 Å². The van der Waals surface area contributed by atoms with Crippen LogP contribution in [0.15, 0.2) is 16.7 Å². The summed E-state index contributed by atoms with van der Waals surface area (Å²) in [5.41, 5.74) is 9.15. The second-order valence-corrected chi connectivity index (χ2v) is 6.00. The highest BCUT2D eigenvalue weighted by Crippen LogP contribution is 2.31. The second-order valence-electron chi connectivity index (χ2n) is 6.00. The van der Waals surface area contributed by atoms with Gasteiger partial charge < -0.3 is 10.3 Å². The van der Waals surface area contributed by atoms with Crippen molar-refractivity contribution in [2.45, 2.75) is 57.9 Å². The fraction of sp³-hybridized carbons (Fsp3) is 0.562. The van der Waals surface area contributed by atoms with Crippen molar-refractivity contribution in [1.82, 2.24) is 15.1 Å². The van der Waals surface area contributed by atoms with Gasteiger partial charge >= 0.3 is 0 Å². The number of aromatic nitrogens is 3. The van der Waals surface area contributed by atoms with Gasteiger partial charge in [0.05, 0.1) is 5.92 Å². The molecule has 21 heavy (non-hydrogen) atoms. The van der Waals surface area contributed by atoms with E-state index in [2.05, 4.69) is 15.1 Å². The van der Waals surface area contributed by atoms with Crippen LogP contribution in [0.3, 0.4) is 0 Å². The van der Waals surface area contributed by atoms with E-state index >= 15 is 0 Å². The Labute approximate surface area is 125 Å². The first kappa shape index (κ1) is 14.2. The Balaban J connectivity index is 1.88. The maximum atomic E-state index is 6.27. The van der Waals surface area contributed by atoms with E-state index in [1.54, 1.807) is 0 Å². The van der Waals surface area contributed by atoms with Crippen LogP contribution in [0.5, 0.6) is 0 Å². The first-order chi connectivity index (χ1) is 10.1. The van der Waals surface area contributed by atoms with Gasteiger partial charge in [0.1, 0.15) is 0 Å². The van der Waals surface area contributed by atoms with Crippen LogP contribution in [0, 0.1) is 13.8 Å². The van der Waals surface area contributed by atoms with Crippen LogP contribution in [0.4, 0.5) is 0 Å². The smallest absolute Gasteiger partial charge is 0.231 e. The van der Waals surface area contributed by atoms with Crippen LogP contribution in [0.2, 0.25) is 0 Å². The summed E-state index contributed by atoms with van der Waals surface area (Å²) in [4.78, 5) is 8.97. The molecule has 5 heteroatoms. The van der Waals surface area contributed by atoms with Crippen molar-refractivity contribution in [1.29, 1.82) is 0 Å². The van der Waals surface area contributed by atoms with Gasteiger partial charge in [-0.25, -0.2) is 0 Å². The molecule has 0 aliphatic heterocycles. The molecule has 0 spiro atoms. The molecule has 0 radical (unpaired) electrons. The van der Waals surface area contributed by atoms with Gasteiger partial charge in [0.25, 0.3) is 0 Å². The summed E-state index contributed by atoms with van der Waals surface area (Å²) in [5, 5.41) is 4.14. The average molecular weight is 286 g/mol. The lowest BCUT2D eigenvalue weighted by Crippen LogP contribution is -2.27. The largest absolute Gasteiger partial charge is 0.339 e. The maximum Gasteiger partial charge on any atom is 0.231 e. The molecule has 1 saturated carbocycles. The molecule has 0 amide bonds. The van der Waals surface area contributed by atoms with Gasteiger partial charge in [0, 0.05) is 23.0 Å². The molecule has 0 aromatic carbocycles. The molecule has 2 atom stereocenters. The van der Waals surface area contributed by atoms with Crippen LogP contribution in [0.25, 0.3) is 11.4 Å². The molecule has 3 rings (SSSR count). The second kappa shape index (κ2) is 5.93. The highest BCUT2D eigenvalue weighted by atomic mass is 16.5. The maximum absolute atomic E-state index is 6.27. The quantitative estimate of drug-likeness (QED) is 0.858. The molecule has 5 nitrogen and oxygen atoms in total. The molecule has 2 N–H and O–H groups in total. The lowest BCUT2D eigenvalue weighted by atomic mass is 9.95. The Morgan fingerprint density at radius 2 is 1.76 bits per heavy atom. The van der Waals surface area contributed by atoms with E-state index in [0.717, 1.165) is 29.8 Å². The number of hydrogen-bond acceptors (Lipinski definition) is 5. The Kier molecular flexibility index (Phi) is 4.01. The molecule has 0 bridgehead atoms. The minimum atomic E-state index is 0.127. The van der Waals surface area contributed by atoms with Gasteiger partial charge in [0.15, 0.2) is 0 Å². The molecular weight excluding hydrogens is 264 g/mol. The Morgan fingerprint density at radius 3 is 2.52 bits per heavy atom. The van der Waals surface area contributed by atoms with Gasteiger partial charge in [-0.1, -0.05) is 24.4 Å². The normalized spacial score (nSPS) is 23.0. The fourth-order valence-corrected chi connectivity index (χ4v) is 3.11. The zero-order valence-corrected chi connectivity index (χ0v) is 12.7. The van der Waals surface area contributed by atoms with Crippen molar-refractivity contribution in [3.63, 3.8) is 0 Å². The van der Waals surface area contributed by atoms with E-state index in [9.17, 15) is 0 Å². The number of nitrogens with two attached hydrogens (primary N) is 1. The highest BCUT2D eigenvalue weighted by Gasteiger charge is 2.27. The minimum Gasteiger partial charge on any atom is -0.339 e. The molecule has 112 valence electrons. The Hall–Kier alpha value is -1.75. The molecule has 1 fully saturated rings. The molecule has 1 aliphatic rings. The van der Waals surface area contributed by atoms with Crippen molar-refractivity contribution in [2.24, 2.45) is 5.73 Å². The van der Waals surface area contributed by atoms with E-state index in [1.807, 2.05) is 26.0 Å². The summed E-state index contributed by atoms with van der Waals surface area (Å²) >= 11 is 0. The summed E-state index contributed by atoms with van der Waals surface area (Å²) in [6.45, 7) is 3.94. The van der Waals surface area contributed by atoms with Gasteiger partial charge in [0.2, 0.25) is 11.7 Å². The third-order valence-electron chi connectivity index (χ3n) is 4.17. The molecule has 2 aromatic rings. The van der Waals surface area contributed by atoms with Gasteiger partial charge in [-0.3, -0.25) is 4.98 Å². The van der Waals surface area contributed by atoms with E-state index in [1.165, 1.54) is 19.3 Å². The molecule has 0 saturated heterocycles. The molecule has 2 unspecified atom stereocenters. The lowest BCUT2D eigenvalue weighted by Gasteiger charge is -2.16. The predicted octanol–water partition coefficient (Wildman–Crippen LogP) is 3.12. The number of nitrogens with zero attached hydrogens (tertiary/aromatic N) is 3. The van der Waals surface area contributed by atoms with Crippen LogP contribution >= 0.6 is 0 Å². The standard InChI is InChI=1S/C16H22N4O/c1-10-8-12(9-11(2)18-10)15-19-16(21-20-15)13-6-4-3-5-7-14(13)17/h8-9,13-14H,3-7,17H2,1-2H3. The van der Waals surface area contributed by atoms with Crippen molar-refractivity contribution in [2.75, 3.05) is 0 Å². The van der Waals surface area contributed by atoms with Crippen molar-refractivity contribution in [3.8, 4) is 11.4 Å². The summed E-state index contributed by atoms with van der Waals surface area (Å²) < 4.78 is 5.50. The Morgan fingerprint density at radius 1 is 1.05 bits per heavy atom. The number of pyridine rings is 1. The third-order valence-corrected chi connectivity index (χ3v) is 4.17. The first-order valence-electron chi connectivity index (χ1n) is 7.68. The fourth-order valence-electron chi connectivity index (χ4n) is 3.11. The van der Waals surface area contributed by atoms with Crippen LogP contribution in [-0.4, -0.2) is 21.2 Å². The summed E-state index contributed by atoms with van der Waals surface area (Å²) in [6.07, 6.45) is 5.70. The average Bonchev–Trinajstić information content (AvgIpc) is 2.81. The van der Waals surface area contributed by atoms with Crippen molar-refractivity contribution >= 4 is 0 Å². The summed E-state index contributed by atoms with van der Waals surface area (Å²) in [6, 6.07) is 4.09. The highest BCUT2D eigenvalue weighted by molar-refractivity contribution is 5.55. The Bertz CT molecular complexity index is 602. The third kappa shape index (κ3) is 3.13. The topological polar surface area (TPSA) is 77.8 Å². The van der Waals surface area contributed by atoms with Crippen LogP contribution in [0.1, 0.15) is 55.3 Å². The number of hydrogen-bond donors (Lipinski definition) is 1. The summed E-state index contributed by atoms with van der Waals surface area (Å²) in [5.74, 6) is 1.51. The van der Waals surface area contributed by atoms with Crippen LogP contribution in [-0.2, 0) is 0 Å². The molecule has 2 aromatic heterocycles. The molecular formula is C16H22N4O. The zero-order chi connectivity index (χ0) is 14.8. The van der Waals surface area contributed by atoms with E-state index in [4.69, 9.17) is 10.3 Å². The van der Waals surface area contributed by atoms with Gasteiger partial charge in [-0.05, 0) is 38.8 Å². The monoisotopic (exact) mass is 286 g/mol. The number of aryl methyl sites for hydroxylation is 2. The lowest BCUT2D eigenvalue weighted by molar-refractivity contribution is 0.326. The minimum absolute atomic E-state index is 0.127. The summed E-state index contributed by atoms with van der Waals surface area (Å²) in [7, 11) is 0. The van der Waals surface area contributed by atoms with Crippen molar-refractivity contribution < 1.29 is 4.52 Å². The van der Waals surface area contributed by atoms with Crippen molar-refractivity contribution in [3.05, 3.63) is 29.4 Å². The molecule has 1 aliphatic carbocycles.